The first kappa shape index (κ1) is 14.0. The molecule has 3 rings (SSSR count). The van der Waals surface area contributed by atoms with Gasteiger partial charge in [0.2, 0.25) is 5.91 Å². The Morgan fingerprint density at radius 2 is 2.33 bits per heavy atom. The van der Waals surface area contributed by atoms with Crippen LogP contribution in [0.25, 0.3) is 0 Å². The number of rotatable bonds is 2. The summed E-state index contributed by atoms with van der Waals surface area (Å²) in [5.74, 6) is 0.0992. The molecule has 5 nitrogen and oxygen atoms in total. The molecule has 1 spiro atoms. The molecule has 0 aromatic carbocycles. The van der Waals surface area contributed by atoms with E-state index in [1.165, 1.54) is 0 Å². The summed E-state index contributed by atoms with van der Waals surface area (Å²) in [6.45, 7) is 2.64. The summed E-state index contributed by atoms with van der Waals surface area (Å²) in [6, 6.07) is 3.60. The van der Waals surface area contributed by atoms with Crippen molar-refractivity contribution in [2.24, 2.45) is 5.41 Å². The molecule has 21 heavy (non-hydrogen) atoms. The molecule has 1 aromatic heterocycles. The van der Waals surface area contributed by atoms with Crippen LogP contribution in [0.4, 0.5) is 0 Å². The number of carbonyl (C=O) groups is 2. The van der Waals surface area contributed by atoms with Gasteiger partial charge in [-0.2, -0.15) is 0 Å². The van der Waals surface area contributed by atoms with E-state index in [9.17, 15) is 9.59 Å². The fourth-order valence-electron chi connectivity index (χ4n) is 3.59. The highest BCUT2D eigenvalue weighted by Gasteiger charge is 2.45. The quantitative estimate of drug-likeness (QED) is 0.867. The fourth-order valence-corrected chi connectivity index (χ4v) is 3.59. The van der Waals surface area contributed by atoms with Crippen molar-refractivity contribution in [3.63, 3.8) is 0 Å². The molecule has 2 atom stereocenters. The Kier molecular flexibility index (Phi) is 3.66. The average Bonchev–Trinajstić information content (AvgIpc) is 2.80. The maximum absolute atomic E-state index is 12.3. The van der Waals surface area contributed by atoms with Crippen LogP contribution in [-0.4, -0.2) is 29.4 Å². The van der Waals surface area contributed by atoms with Crippen molar-refractivity contribution in [3.8, 4) is 0 Å². The second kappa shape index (κ2) is 5.47. The van der Waals surface area contributed by atoms with Crippen LogP contribution in [0, 0.1) is 12.3 Å². The Bertz CT molecular complexity index is 572. The van der Waals surface area contributed by atoms with Crippen LogP contribution in [0.15, 0.2) is 18.3 Å². The first-order valence-corrected chi connectivity index (χ1v) is 7.61. The lowest BCUT2D eigenvalue weighted by atomic mass is 9.71. The number of aromatic nitrogens is 1. The second-order valence-corrected chi connectivity index (χ2v) is 6.24. The molecule has 1 aliphatic carbocycles. The van der Waals surface area contributed by atoms with Crippen molar-refractivity contribution in [2.45, 2.75) is 45.1 Å². The van der Waals surface area contributed by atoms with E-state index >= 15 is 0 Å². The van der Waals surface area contributed by atoms with E-state index in [4.69, 9.17) is 0 Å². The molecule has 1 aliphatic heterocycles. The molecular weight excluding hydrogens is 266 g/mol. The monoisotopic (exact) mass is 287 g/mol. The van der Waals surface area contributed by atoms with Gasteiger partial charge in [0, 0.05) is 30.0 Å². The highest BCUT2D eigenvalue weighted by atomic mass is 16.2. The van der Waals surface area contributed by atoms with Gasteiger partial charge in [-0.1, -0.05) is 6.42 Å². The van der Waals surface area contributed by atoms with E-state index in [-0.39, 0.29) is 23.3 Å². The fraction of sp³-hybridized carbons (Fsp3) is 0.562. The normalized spacial score (nSPS) is 28.4. The maximum atomic E-state index is 12.3. The van der Waals surface area contributed by atoms with Gasteiger partial charge in [-0.25, -0.2) is 0 Å². The van der Waals surface area contributed by atoms with Crippen LogP contribution in [0.2, 0.25) is 0 Å². The van der Waals surface area contributed by atoms with E-state index in [1.54, 1.807) is 18.3 Å². The van der Waals surface area contributed by atoms with Crippen molar-refractivity contribution in [3.05, 3.63) is 29.6 Å². The molecule has 112 valence electrons. The minimum absolute atomic E-state index is 0.0686. The number of hydrogen-bond donors (Lipinski definition) is 2. The third-order valence-corrected chi connectivity index (χ3v) is 4.71. The summed E-state index contributed by atoms with van der Waals surface area (Å²) in [4.78, 5) is 28.5. The first-order chi connectivity index (χ1) is 10.1. The molecule has 2 unspecified atom stereocenters. The lowest BCUT2D eigenvalue weighted by Gasteiger charge is -2.36. The van der Waals surface area contributed by atoms with Gasteiger partial charge in [-0.15, -0.1) is 0 Å². The molecule has 2 heterocycles. The molecule has 2 amide bonds. The predicted molar refractivity (Wildman–Crippen MR) is 78.8 cm³/mol. The van der Waals surface area contributed by atoms with Crippen molar-refractivity contribution in [1.29, 1.82) is 0 Å². The largest absolute Gasteiger partial charge is 0.356 e. The highest BCUT2D eigenvalue weighted by molar-refractivity contribution is 5.94. The van der Waals surface area contributed by atoms with Crippen LogP contribution >= 0.6 is 0 Å². The van der Waals surface area contributed by atoms with Crippen molar-refractivity contribution >= 4 is 11.8 Å². The van der Waals surface area contributed by atoms with Gasteiger partial charge >= 0.3 is 0 Å². The van der Waals surface area contributed by atoms with Gasteiger partial charge in [0.25, 0.3) is 5.91 Å². The molecule has 0 radical (unpaired) electrons. The standard InChI is InChI=1S/C16H21N3O2/c1-11-9-12(4-7-17-11)14(20)19-13-3-2-5-16(10-13)6-8-18-15(16)21/h4,7,9,13H,2-3,5-6,8,10H2,1H3,(H,18,21)(H,19,20). The van der Waals surface area contributed by atoms with Crippen LogP contribution in [-0.2, 0) is 4.79 Å². The van der Waals surface area contributed by atoms with E-state index in [0.717, 1.165) is 44.3 Å². The lowest BCUT2D eigenvalue weighted by molar-refractivity contribution is -0.129. The summed E-state index contributed by atoms with van der Waals surface area (Å²) in [6.07, 6.45) is 6.19. The molecule has 2 N–H and O–H groups in total. The Morgan fingerprint density at radius 3 is 3.05 bits per heavy atom. The highest BCUT2D eigenvalue weighted by Crippen LogP contribution is 2.41. The Labute approximate surface area is 124 Å². The van der Waals surface area contributed by atoms with Crippen molar-refractivity contribution in [2.75, 3.05) is 6.54 Å². The van der Waals surface area contributed by atoms with Gasteiger partial charge in [-0.05, 0) is 44.7 Å². The van der Waals surface area contributed by atoms with E-state index in [2.05, 4.69) is 15.6 Å². The number of hydrogen-bond acceptors (Lipinski definition) is 3. The van der Waals surface area contributed by atoms with E-state index < -0.39 is 0 Å². The zero-order valence-electron chi connectivity index (χ0n) is 12.3. The summed E-state index contributed by atoms with van der Waals surface area (Å²) in [7, 11) is 0. The van der Waals surface area contributed by atoms with Crippen LogP contribution in [0.1, 0.15) is 48.2 Å². The molecule has 2 aliphatic rings. The predicted octanol–water partition coefficient (Wildman–Crippen LogP) is 1.57. The third-order valence-electron chi connectivity index (χ3n) is 4.71. The Balaban J connectivity index is 1.67. The summed E-state index contributed by atoms with van der Waals surface area (Å²) in [5, 5.41) is 6.02. The molecule has 1 aromatic rings. The number of carbonyl (C=O) groups excluding carboxylic acids is 2. The van der Waals surface area contributed by atoms with E-state index in [1.807, 2.05) is 6.92 Å². The number of nitrogens with one attached hydrogen (secondary N) is 2. The molecule has 0 bridgehead atoms. The van der Waals surface area contributed by atoms with Crippen LogP contribution in [0.3, 0.4) is 0 Å². The molecule has 5 heteroatoms. The van der Waals surface area contributed by atoms with Crippen LogP contribution in [0.5, 0.6) is 0 Å². The minimum atomic E-state index is -0.246. The van der Waals surface area contributed by atoms with Crippen molar-refractivity contribution in [1.82, 2.24) is 15.6 Å². The summed E-state index contributed by atoms with van der Waals surface area (Å²) in [5.41, 5.74) is 1.22. The topological polar surface area (TPSA) is 71.1 Å². The van der Waals surface area contributed by atoms with Crippen molar-refractivity contribution < 1.29 is 9.59 Å². The minimum Gasteiger partial charge on any atom is -0.356 e. The SMILES string of the molecule is Cc1cc(C(=O)NC2CCCC3(CCNC3=O)C2)ccn1. The first-order valence-electron chi connectivity index (χ1n) is 7.61. The summed E-state index contributed by atoms with van der Waals surface area (Å²) < 4.78 is 0. The zero-order chi connectivity index (χ0) is 14.9. The number of aryl methyl sites for hydroxylation is 1. The van der Waals surface area contributed by atoms with Gasteiger partial charge in [0.1, 0.15) is 0 Å². The lowest BCUT2D eigenvalue weighted by Crippen LogP contribution is -2.45. The molecular formula is C16H21N3O2. The number of nitrogens with zero attached hydrogens (tertiary/aromatic N) is 1. The second-order valence-electron chi connectivity index (χ2n) is 6.24. The maximum Gasteiger partial charge on any atom is 0.251 e. The number of pyridine rings is 1. The van der Waals surface area contributed by atoms with Gasteiger partial charge in [0.05, 0.1) is 5.41 Å². The van der Waals surface area contributed by atoms with Gasteiger partial charge in [-0.3, -0.25) is 14.6 Å². The number of amides is 2. The Hall–Kier alpha value is -1.91. The van der Waals surface area contributed by atoms with Gasteiger partial charge < -0.3 is 10.6 Å². The molecule has 2 fully saturated rings. The van der Waals surface area contributed by atoms with Crippen LogP contribution < -0.4 is 10.6 Å². The third kappa shape index (κ3) is 2.77. The smallest absolute Gasteiger partial charge is 0.251 e. The molecule has 1 saturated carbocycles. The van der Waals surface area contributed by atoms with E-state index in [0.29, 0.717) is 5.56 Å². The molecule has 1 saturated heterocycles. The average molecular weight is 287 g/mol. The zero-order valence-corrected chi connectivity index (χ0v) is 12.3. The summed E-state index contributed by atoms with van der Waals surface area (Å²) >= 11 is 0. The Morgan fingerprint density at radius 1 is 1.48 bits per heavy atom. The van der Waals surface area contributed by atoms with Gasteiger partial charge in [0.15, 0.2) is 0 Å².